The molecule has 0 aliphatic carbocycles. The summed E-state index contributed by atoms with van der Waals surface area (Å²) in [5.74, 6) is -3.58. The molecule has 0 radical (unpaired) electrons. The standard InChI is InChI=1S/C12H11F8NO2S/c1-3-10(22)7-4-8(21(2)11(23)12(13,14)15)6-9(5-7)24(16,17,18,19)20/h4-6H,3H2,1-2H3. The van der Waals surface area contributed by atoms with Gasteiger partial charge in [0.1, 0.15) is 4.90 Å². The largest absolute Gasteiger partial charge is 0.471 e. The Morgan fingerprint density at radius 1 is 1.04 bits per heavy atom. The Balaban J connectivity index is 3.64. The van der Waals surface area contributed by atoms with Crippen LogP contribution in [0.4, 0.5) is 38.3 Å². The van der Waals surface area contributed by atoms with Gasteiger partial charge in [0.15, 0.2) is 5.78 Å². The minimum atomic E-state index is -10.3. The van der Waals surface area contributed by atoms with E-state index < -0.39 is 44.2 Å². The lowest BCUT2D eigenvalue weighted by Crippen LogP contribution is -2.38. The zero-order valence-corrected chi connectivity index (χ0v) is 13.0. The second kappa shape index (κ2) is 5.07. The molecule has 1 aromatic rings. The summed E-state index contributed by atoms with van der Waals surface area (Å²) in [5.41, 5.74) is -2.00. The van der Waals surface area contributed by atoms with Crippen molar-refractivity contribution in [3.63, 3.8) is 0 Å². The number of nitrogens with zero attached hydrogens (tertiary/aromatic N) is 1. The molecule has 0 aliphatic heterocycles. The zero-order valence-electron chi connectivity index (χ0n) is 12.1. The molecule has 0 bridgehead atoms. The van der Waals surface area contributed by atoms with Gasteiger partial charge >= 0.3 is 22.3 Å². The Morgan fingerprint density at radius 3 is 1.92 bits per heavy atom. The fraction of sp³-hybridized carbons (Fsp3) is 0.333. The predicted octanol–water partition coefficient (Wildman–Crippen LogP) is 5.46. The number of rotatable bonds is 4. The molecular formula is C12H11F8NO2S. The van der Waals surface area contributed by atoms with Gasteiger partial charge < -0.3 is 4.90 Å². The van der Waals surface area contributed by atoms with E-state index in [9.17, 15) is 42.2 Å². The third kappa shape index (κ3) is 4.58. The lowest BCUT2D eigenvalue weighted by Gasteiger charge is -2.41. The van der Waals surface area contributed by atoms with Crippen molar-refractivity contribution in [1.29, 1.82) is 0 Å². The van der Waals surface area contributed by atoms with Gasteiger partial charge in [-0.1, -0.05) is 26.4 Å². The second-order valence-electron chi connectivity index (χ2n) is 4.82. The van der Waals surface area contributed by atoms with Gasteiger partial charge in [-0.05, 0) is 18.2 Å². The molecule has 0 unspecified atom stereocenters. The van der Waals surface area contributed by atoms with E-state index >= 15 is 0 Å². The van der Waals surface area contributed by atoms with Gasteiger partial charge in [0.2, 0.25) is 0 Å². The summed E-state index contributed by atoms with van der Waals surface area (Å²) in [5, 5.41) is 0. The number of anilines is 1. The maximum absolute atomic E-state index is 12.9. The maximum Gasteiger partial charge on any atom is 0.471 e. The SMILES string of the molecule is CCC(=O)c1cc(N(C)C(=O)C(F)(F)F)cc(S(F)(F)(F)(F)F)c1. The van der Waals surface area contributed by atoms with Crippen molar-refractivity contribution < 1.29 is 42.2 Å². The van der Waals surface area contributed by atoms with Gasteiger partial charge in [-0.15, -0.1) is 0 Å². The van der Waals surface area contributed by atoms with E-state index in [1.807, 2.05) is 0 Å². The van der Waals surface area contributed by atoms with Crippen molar-refractivity contribution in [2.24, 2.45) is 0 Å². The number of benzene rings is 1. The zero-order chi connectivity index (χ0) is 19.2. The number of halogens is 8. The highest BCUT2D eigenvalue weighted by molar-refractivity contribution is 8.45. The first-order valence-corrected chi connectivity index (χ1v) is 8.09. The molecule has 3 nitrogen and oxygen atoms in total. The normalized spacial score (nSPS) is 15.4. The molecule has 0 spiro atoms. The molecule has 0 fully saturated rings. The molecular weight excluding hydrogens is 374 g/mol. The van der Waals surface area contributed by atoms with Crippen LogP contribution >= 0.6 is 10.2 Å². The Morgan fingerprint density at radius 2 is 1.54 bits per heavy atom. The molecule has 0 atom stereocenters. The van der Waals surface area contributed by atoms with Crippen LogP contribution in [0, 0.1) is 0 Å². The highest BCUT2D eigenvalue weighted by Gasteiger charge is 2.65. The maximum atomic E-state index is 12.9. The van der Waals surface area contributed by atoms with Crippen molar-refractivity contribution in [1.82, 2.24) is 0 Å². The van der Waals surface area contributed by atoms with Crippen LogP contribution in [-0.2, 0) is 4.79 Å². The molecule has 0 aliphatic rings. The minimum absolute atomic E-state index is 0.136. The summed E-state index contributed by atoms with van der Waals surface area (Å²) in [4.78, 5) is 19.8. The highest BCUT2D eigenvalue weighted by atomic mass is 32.5. The van der Waals surface area contributed by atoms with Crippen LogP contribution < -0.4 is 4.90 Å². The second-order valence-corrected chi connectivity index (χ2v) is 7.23. The third-order valence-corrected chi connectivity index (χ3v) is 4.04. The molecule has 1 amide bonds. The first kappa shape index (κ1) is 20.2. The van der Waals surface area contributed by atoms with Crippen LogP contribution in [0.1, 0.15) is 23.7 Å². The summed E-state index contributed by atoms with van der Waals surface area (Å²) in [6.07, 6.45) is -5.81. The van der Waals surface area contributed by atoms with Gasteiger partial charge in [-0.2, -0.15) is 13.2 Å². The Bertz CT molecular complexity index is 695. The molecule has 12 heteroatoms. The molecule has 24 heavy (non-hydrogen) atoms. The predicted molar refractivity (Wildman–Crippen MR) is 71.9 cm³/mol. The number of ketones is 1. The first-order chi connectivity index (χ1) is 10.4. The van der Waals surface area contributed by atoms with Crippen molar-refractivity contribution >= 4 is 27.6 Å². The van der Waals surface area contributed by atoms with Gasteiger partial charge in [0.05, 0.1) is 0 Å². The molecule has 0 aromatic heterocycles. The molecule has 0 saturated carbocycles. The number of Topliss-reactive ketones (excluding diaryl/α,β-unsaturated/α-hetero) is 1. The van der Waals surface area contributed by atoms with Crippen molar-refractivity contribution in [2.75, 3.05) is 11.9 Å². The average molecular weight is 385 g/mol. The Hall–Kier alpha value is -1.85. The van der Waals surface area contributed by atoms with E-state index in [0.29, 0.717) is 13.1 Å². The fourth-order valence-electron chi connectivity index (χ4n) is 1.67. The van der Waals surface area contributed by atoms with E-state index in [0.717, 1.165) is 0 Å². The smallest absolute Gasteiger partial charge is 0.308 e. The molecule has 0 saturated heterocycles. The number of alkyl halides is 3. The van der Waals surface area contributed by atoms with Crippen LogP contribution in [0.5, 0.6) is 0 Å². The number of carbonyl (C=O) groups is 2. The lowest BCUT2D eigenvalue weighted by atomic mass is 10.1. The van der Waals surface area contributed by atoms with Crippen LogP contribution in [-0.4, -0.2) is 24.9 Å². The summed E-state index contributed by atoms with van der Waals surface area (Å²) >= 11 is 0. The summed E-state index contributed by atoms with van der Waals surface area (Å²) < 4.78 is 102. The van der Waals surface area contributed by atoms with Gasteiger partial charge in [0.25, 0.3) is 0 Å². The van der Waals surface area contributed by atoms with Crippen molar-refractivity contribution in [2.45, 2.75) is 24.4 Å². The molecule has 1 rings (SSSR count). The third-order valence-electron chi connectivity index (χ3n) is 2.91. The van der Waals surface area contributed by atoms with Gasteiger partial charge in [-0.25, -0.2) is 0 Å². The fourth-order valence-corrected chi connectivity index (χ4v) is 2.37. The number of hydrogen-bond donors (Lipinski definition) is 0. The minimum Gasteiger partial charge on any atom is -0.308 e. The number of hydrogen-bond acceptors (Lipinski definition) is 2. The summed E-state index contributed by atoms with van der Waals surface area (Å²) in [6, 6.07) is 0.0862. The highest BCUT2D eigenvalue weighted by Crippen LogP contribution is 3.02. The Labute approximate surface area is 131 Å². The quantitative estimate of drug-likeness (QED) is 0.510. The molecule has 0 N–H and O–H groups in total. The summed E-state index contributed by atoms with van der Waals surface area (Å²) in [7, 11) is -9.81. The molecule has 1 aromatic carbocycles. The van der Waals surface area contributed by atoms with Crippen molar-refractivity contribution in [3.8, 4) is 0 Å². The lowest BCUT2D eigenvalue weighted by molar-refractivity contribution is -0.170. The topological polar surface area (TPSA) is 37.4 Å². The number of amides is 1. The first-order valence-electron chi connectivity index (χ1n) is 6.14. The Kier molecular flexibility index (Phi) is 4.27. The van der Waals surface area contributed by atoms with Crippen LogP contribution in [0.2, 0.25) is 0 Å². The number of carbonyl (C=O) groups excluding carboxylic acids is 2. The van der Waals surface area contributed by atoms with Crippen LogP contribution in [0.15, 0.2) is 23.1 Å². The van der Waals surface area contributed by atoms with E-state index in [-0.39, 0.29) is 23.5 Å². The van der Waals surface area contributed by atoms with E-state index in [2.05, 4.69) is 0 Å². The van der Waals surface area contributed by atoms with Crippen LogP contribution in [0.25, 0.3) is 0 Å². The van der Waals surface area contributed by atoms with E-state index in [4.69, 9.17) is 0 Å². The van der Waals surface area contributed by atoms with Gasteiger partial charge in [0, 0.05) is 24.7 Å². The van der Waals surface area contributed by atoms with Crippen molar-refractivity contribution in [3.05, 3.63) is 23.8 Å². The molecule has 0 heterocycles. The van der Waals surface area contributed by atoms with E-state index in [1.54, 1.807) is 0 Å². The summed E-state index contributed by atoms with van der Waals surface area (Å²) in [6.45, 7) is 1.22. The van der Waals surface area contributed by atoms with Crippen LogP contribution in [0.3, 0.4) is 0 Å². The monoisotopic (exact) mass is 385 g/mol. The average Bonchev–Trinajstić information content (AvgIpc) is 2.40. The van der Waals surface area contributed by atoms with Gasteiger partial charge in [-0.3, -0.25) is 9.59 Å². The molecule has 138 valence electrons. The van der Waals surface area contributed by atoms with E-state index in [1.165, 1.54) is 6.92 Å².